The first-order valence-electron chi connectivity index (χ1n) is 15.1. The lowest BCUT2D eigenvalue weighted by Gasteiger charge is -2.39. The lowest BCUT2D eigenvalue weighted by Crippen LogP contribution is -2.42. The molecule has 4 aliphatic rings. The van der Waals surface area contributed by atoms with Crippen molar-refractivity contribution in [1.82, 2.24) is 19.7 Å². The summed E-state index contributed by atoms with van der Waals surface area (Å²) in [6.45, 7) is 4.73. The minimum absolute atomic E-state index is 0.00374. The highest BCUT2D eigenvalue weighted by Gasteiger charge is 2.44. The fourth-order valence-corrected chi connectivity index (χ4v) is 7.54. The Morgan fingerprint density at radius 1 is 0.976 bits per heavy atom. The van der Waals surface area contributed by atoms with E-state index in [-0.39, 0.29) is 29.3 Å². The Morgan fingerprint density at radius 3 is 2.54 bits per heavy atom. The number of fused-ring (bicyclic) bond motifs is 1. The van der Waals surface area contributed by atoms with E-state index >= 15 is 0 Å². The molecule has 2 aromatic carbocycles. The Bertz CT molecular complexity index is 1450. The number of nitrogens with zero attached hydrogens (tertiary/aromatic N) is 4. The van der Waals surface area contributed by atoms with Crippen LogP contribution >= 0.6 is 11.6 Å². The third-order valence-electron chi connectivity index (χ3n) is 9.82. The second-order valence-corrected chi connectivity index (χ2v) is 12.9. The van der Waals surface area contributed by atoms with E-state index in [2.05, 4.69) is 37.9 Å². The number of piperidine rings is 1. The van der Waals surface area contributed by atoms with E-state index < -0.39 is 0 Å². The van der Waals surface area contributed by atoms with Crippen LogP contribution in [0.25, 0.3) is 0 Å². The van der Waals surface area contributed by atoms with Crippen LogP contribution in [0.5, 0.6) is 0 Å². The Morgan fingerprint density at radius 2 is 1.78 bits per heavy atom. The number of carbonyl (C=O) groups excluding carboxylic acids is 2. The molecule has 1 atom stereocenters. The molecule has 3 aromatic rings. The number of carbonyl (C=O) groups is 2. The van der Waals surface area contributed by atoms with Crippen LogP contribution in [0, 0.1) is 5.41 Å². The van der Waals surface area contributed by atoms with Crippen molar-refractivity contribution < 1.29 is 9.59 Å². The third kappa shape index (κ3) is 5.28. The zero-order valence-electron chi connectivity index (χ0n) is 23.5. The fourth-order valence-electron chi connectivity index (χ4n) is 7.33. The summed E-state index contributed by atoms with van der Waals surface area (Å²) in [4.78, 5) is 38.5. The van der Waals surface area contributed by atoms with Gasteiger partial charge in [-0.25, -0.2) is 0 Å². The molecule has 2 aliphatic heterocycles. The van der Waals surface area contributed by atoms with E-state index in [9.17, 15) is 9.59 Å². The molecule has 1 aromatic heterocycles. The molecule has 7 rings (SSSR count). The van der Waals surface area contributed by atoms with Gasteiger partial charge in [0, 0.05) is 43.6 Å². The molecule has 7 heteroatoms. The van der Waals surface area contributed by atoms with Crippen molar-refractivity contribution in [2.45, 2.75) is 63.6 Å². The summed E-state index contributed by atoms with van der Waals surface area (Å²) in [7, 11) is 0. The van der Waals surface area contributed by atoms with E-state index in [4.69, 9.17) is 11.6 Å². The van der Waals surface area contributed by atoms with E-state index in [1.807, 2.05) is 42.7 Å². The summed E-state index contributed by atoms with van der Waals surface area (Å²) in [6, 6.07) is 17.9. The van der Waals surface area contributed by atoms with E-state index in [0.717, 1.165) is 88.8 Å². The number of hydrogen-bond acceptors (Lipinski definition) is 4. The van der Waals surface area contributed by atoms with Crippen molar-refractivity contribution >= 4 is 23.4 Å². The number of aryl methyl sites for hydroxylation is 1. The van der Waals surface area contributed by atoms with Crippen LogP contribution in [0.2, 0.25) is 5.02 Å². The first-order valence-corrected chi connectivity index (χ1v) is 15.5. The standard InChI is InChI=1S/C34H37ClN4O2/c35-30-6-2-1-5-28(30)33(41)39(27-10-11-27)31-12-9-25-7-8-26(20-29(25)31)32(40)38-19-15-34(23-38)13-17-37(18-14-34)22-24-4-3-16-36-21-24/h1-8,16,20-21,27,31H,9-15,17-19,22-23H2. The molecule has 6 nitrogen and oxygen atoms in total. The molecule has 0 bridgehead atoms. The average Bonchev–Trinajstić information content (AvgIpc) is 3.62. The number of amides is 2. The first-order chi connectivity index (χ1) is 20.0. The van der Waals surface area contributed by atoms with Gasteiger partial charge in [0.2, 0.25) is 0 Å². The van der Waals surface area contributed by atoms with Crippen LogP contribution in [0.1, 0.15) is 82.0 Å². The van der Waals surface area contributed by atoms with Crippen molar-refractivity contribution in [1.29, 1.82) is 0 Å². The van der Waals surface area contributed by atoms with Crippen LogP contribution < -0.4 is 0 Å². The molecular formula is C34H37ClN4O2. The lowest BCUT2D eigenvalue weighted by molar-refractivity contribution is 0.0658. The maximum absolute atomic E-state index is 13.8. The summed E-state index contributed by atoms with van der Waals surface area (Å²) >= 11 is 6.44. The quantitative estimate of drug-likeness (QED) is 0.358. The van der Waals surface area contributed by atoms with Gasteiger partial charge in [0.05, 0.1) is 16.6 Å². The molecular weight excluding hydrogens is 532 g/mol. The molecule has 1 spiro atoms. The van der Waals surface area contributed by atoms with Crippen LogP contribution in [0.3, 0.4) is 0 Å². The van der Waals surface area contributed by atoms with E-state index in [0.29, 0.717) is 10.6 Å². The summed E-state index contributed by atoms with van der Waals surface area (Å²) in [5.74, 6) is 0.132. The van der Waals surface area contributed by atoms with Gasteiger partial charge in [-0.05, 0) is 110 Å². The second-order valence-electron chi connectivity index (χ2n) is 12.5. The van der Waals surface area contributed by atoms with Crippen molar-refractivity contribution in [3.05, 3.63) is 99.8 Å². The fraction of sp³-hybridized carbons (Fsp3) is 0.441. The second kappa shape index (κ2) is 10.9. The number of halogens is 1. The van der Waals surface area contributed by atoms with Gasteiger partial charge in [0.15, 0.2) is 0 Å². The van der Waals surface area contributed by atoms with Gasteiger partial charge in [0.25, 0.3) is 11.8 Å². The highest BCUT2D eigenvalue weighted by molar-refractivity contribution is 6.33. The molecule has 2 aliphatic carbocycles. The predicted molar refractivity (Wildman–Crippen MR) is 160 cm³/mol. The Hall–Kier alpha value is -3.22. The van der Waals surface area contributed by atoms with Gasteiger partial charge in [-0.3, -0.25) is 19.5 Å². The number of hydrogen-bond donors (Lipinski definition) is 0. The number of aromatic nitrogens is 1. The van der Waals surface area contributed by atoms with E-state index in [1.54, 1.807) is 6.07 Å². The van der Waals surface area contributed by atoms with Crippen molar-refractivity contribution in [2.75, 3.05) is 26.2 Å². The lowest BCUT2D eigenvalue weighted by atomic mass is 9.77. The van der Waals surface area contributed by atoms with E-state index in [1.165, 1.54) is 11.1 Å². The Balaban J connectivity index is 1.04. The van der Waals surface area contributed by atoms with Gasteiger partial charge >= 0.3 is 0 Å². The minimum Gasteiger partial charge on any atom is -0.338 e. The van der Waals surface area contributed by atoms with Gasteiger partial charge in [-0.1, -0.05) is 35.9 Å². The minimum atomic E-state index is -0.0110. The molecule has 2 amide bonds. The number of rotatable bonds is 6. The average molecular weight is 569 g/mol. The van der Waals surface area contributed by atoms with Gasteiger partial charge in [0.1, 0.15) is 0 Å². The highest BCUT2D eigenvalue weighted by Crippen LogP contribution is 2.44. The maximum atomic E-state index is 13.8. The number of likely N-dealkylation sites (tertiary alicyclic amines) is 2. The van der Waals surface area contributed by atoms with Gasteiger partial charge < -0.3 is 9.80 Å². The zero-order valence-corrected chi connectivity index (χ0v) is 24.2. The SMILES string of the molecule is O=C(c1ccc2c(c1)C(N(C(=O)c1ccccc1Cl)C1CC1)CC2)N1CCC2(CCN(Cc3cccnc3)CC2)C1. The molecule has 3 heterocycles. The molecule has 1 unspecified atom stereocenters. The van der Waals surface area contributed by atoms with Gasteiger partial charge in [-0.2, -0.15) is 0 Å². The third-order valence-corrected chi connectivity index (χ3v) is 10.2. The number of benzene rings is 2. The molecule has 212 valence electrons. The molecule has 0 N–H and O–H groups in total. The summed E-state index contributed by atoms with van der Waals surface area (Å²) < 4.78 is 0. The largest absolute Gasteiger partial charge is 0.338 e. The smallest absolute Gasteiger partial charge is 0.256 e. The Kier molecular flexibility index (Phi) is 7.08. The van der Waals surface area contributed by atoms with Crippen molar-refractivity contribution in [3.63, 3.8) is 0 Å². The zero-order chi connectivity index (χ0) is 28.0. The van der Waals surface area contributed by atoms with Crippen molar-refractivity contribution in [3.8, 4) is 0 Å². The summed E-state index contributed by atoms with van der Waals surface area (Å²) in [5.41, 5.74) is 5.20. The monoisotopic (exact) mass is 568 g/mol. The molecule has 0 radical (unpaired) electrons. The molecule has 41 heavy (non-hydrogen) atoms. The van der Waals surface area contributed by atoms with Crippen LogP contribution in [-0.4, -0.2) is 63.7 Å². The normalized spacial score (nSPS) is 21.7. The first kappa shape index (κ1) is 26.7. The molecule has 2 saturated heterocycles. The predicted octanol–water partition coefficient (Wildman–Crippen LogP) is 6.16. The van der Waals surface area contributed by atoms with Crippen molar-refractivity contribution in [2.24, 2.45) is 5.41 Å². The topological polar surface area (TPSA) is 56.8 Å². The number of pyridine rings is 1. The van der Waals surface area contributed by atoms with Crippen LogP contribution in [0.15, 0.2) is 67.0 Å². The summed E-state index contributed by atoms with van der Waals surface area (Å²) in [6.07, 6.45) is 11.0. The van der Waals surface area contributed by atoms with Crippen LogP contribution in [0.4, 0.5) is 0 Å². The van der Waals surface area contributed by atoms with Gasteiger partial charge in [-0.15, -0.1) is 0 Å². The maximum Gasteiger partial charge on any atom is 0.256 e. The highest BCUT2D eigenvalue weighted by atomic mass is 35.5. The molecule has 3 fully saturated rings. The molecule has 1 saturated carbocycles. The summed E-state index contributed by atoms with van der Waals surface area (Å²) in [5, 5.41) is 0.496. The van der Waals surface area contributed by atoms with Crippen LogP contribution in [-0.2, 0) is 13.0 Å². The Labute approximate surface area is 247 Å².